The van der Waals surface area contributed by atoms with Crippen LogP contribution in [0.4, 0.5) is 5.69 Å². The van der Waals surface area contributed by atoms with E-state index >= 15 is 0 Å². The van der Waals surface area contributed by atoms with Gasteiger partial charge in [-0.3, -0.25) is 4.79 Å². The highest BCUT2D eigenvalue weighted by atomic mass is 32.2. The molecule has 0 saturated carbocycles. The lowest BCUT2D eigenvalue weighted by atomic mass is 10.1. The zero-order chi connectivity index (χ0) is 20.0. The number of sulfone groups is 1. The fourth-order valence-electron chi connectivity index (χ4n) is 2.63. The van der Waals surface area contributed by atoms with E-state index in [1.807, 2.05) is 30.3 Å². The SMILES string of the molecule is CS(=O)(=O)Cc1ccc(C(=O)Nc2ccc(OCc3ccccc3)cc2)cc1. The van der Waals surface area contributed by atoms with Gasteiger partial charge in [0, 0.05) is 17.5 Å². The number of nitrogens with one attached hydrogen (secondary N) is 1. The largest absolute Gasteiger partial charge is 0.489 e. The van der Waals surface area contributed by atoms with Crippen molar-refractivity contribution in [2.75, 3.05) is 11.6 Å². The molecular weight excluding hydrogens is 374 g/mol. The first-order chi connectivity index (χ1) is 13.4. The van der Waals surface area contributed by atoms with Crippen LogP contribution in [0.15, 0.2) is 78.9 Å². The summed E-state index contributed by atoms with van der Waals surface area (Å²) in [7, 11) is -3.10. The van der Waals surface area contributed by atoms with E-state index < -0.39 is 9.84 Å². The second kappa shape index (κ2) is 8.71. The van der Waals surface area contributed by atoms with Crippen molar-refractivity contribution in [2.45, 2.75) is 12.4 Å². The molecule has 0 aliphatic carbocycles. The van der Waals surface area contributed by atoms with Crippen LogP contribution in [0.2, 0.25) is 0 Å². The highest BCUT2D eigenvalue weighted by molar-refractivity contribution is 7.89. The van der Waals surface area contributed by atoms with Gasteiger partial charge >= 0.3 is 0 Å². The minimum absolute atomic E-state index is 0.0423. The van der Waals surface area contributed by atoms with Crippen molar-refractivity contribution in [1.29, 1.82) is 0 Å². The Morgan fingerprint density at radius 2 is 1.50 bits per heavy atom. The second-order valence-corrected chi connectivity index (χ2v) is 8.66. The molecule has 0 spiro atoms. The molecule has 0 aliphatic heterocycles. The number of hydrogen-bond acceptors (Lipinski definition) is 4. The molecule has 0 bridgehead atoms. The van der Waals surface area contributed by atoms with Gasteiger partial charge < -0.3 is 10.1 Å². The number of benzene rings is 3. The molecule has 3 aromatic carbocycles. The molecule has 144 valence electrons. The van der Waals surface area contributed by atoms with Crippen molar-refractivity contribution >= 4 is 21.4 Å². The van der Waals surface area contributed by atoms with E-state index in [9.17, 15) is 13.2 Å². The van der Waals surface area contributed by atoms with Crippen LogP contribution in [0.1, 0.15) is 21.5 Å². The number of ether oxygens (including phenoxy) is 1. The lowest BCUT2D eigenvalue weighted by molar-refractivity contribution is 0.102. The van der Waals surface area contributed by atoms with E-state index in [1.165, 1.54) is 6.26 Å². The van der Waals surface area contributed by atoms with E-state index in [0.717, 1.165) is 5.56 Å². The molecule has 0 heterocycles. The van der Waals surface area contributed by atoms with Crippen LogP contribution in [0.3, 0.4) is 0 Å². The van der Waals surface area contributed by atoms with Gasteiger partial charge in [0.1, 0.15) is 12.4 Å². The molecule has 1 N–H and O–H groups in total. The van der Waals surface area contributed by atoms with Gasteiger partial charge in [0.05, 0.1) is 5.75 Å². The number of amides is 1. The first kappa shape index (κ1) is 19.6. The van der Waals surface area contributed by atoms with Crippen molar-refractivity contribution in [3.63, 3.8) is 0 Å². The third kappa shape index (κ3) is 5.96. The summed E-state index contributed by atoms with van der Waals surface area (Å²) >= 11 is 0. The van der Waals surface area contributed by atoms with E-state index in [4.69, 9.17) is 4.74 Å². The molecule has 0 saturated heterocycles. The van der Waals surface area contributed by atoms with E-state index in [0.29, 0.717) is 29.2 Å². The van der Waals surface area contributed by atoms with Gasteiger partial charge in [0.15, 0.2) is 9.84 Å². The first-order valence-electron chi connectivity index (χ1n) is 8.74. The Kier molecular flexibility index (Phi) is 6.11. The Bertz CT molecular complexity index is 1030. The highest BCUT2D eigenvalue weighted by Crippen LogP contribution is 2.18. The zero-order valence-electron chi connectivity index (χ0n) is 15.5. The monoisotopic (exact) mass is 395 g/mol. The summed E-state index contributed by atoms with van der Waals surface area (Å²) in [6.07, 6.45) is 1.18. The summed E-state index contributed by atoms with van der Waals surface area (Å²) in [5, 5.41) is 2.81. The van der Waals surface area contributed by atoms with E-state index in [-0.39, 0.29) is 11.7 Å². The van der Waals surface area contributed by atoms with Crippen molar-refractivity contribution in [3.05, 3.63) is 95.6 Å². The lowest BCUT2D eigenvalue weighted by Crippen LogP contribution is -2.12. The molecule has 5 nitrogen and oxygen atoms in total. The maximum absolute atomic E-state index is 12.3. The van der Waals surface area contributed by atoms with Gasteiger partial charge in [-0.05, 0) is 47.5 Å². The average molecular weight is 395 g/mol. The van der Waals surface area contributed by atoms with Gasteiger partial charge in [-0.15, -0.1) is 0 Å². The van der Waals surface area contributed by atoms with Gasteiger partial charge in [-0.25, -0.2) is 8.42 Å². The highest BCUT2D eigenvalue weighted by Gasteiger charge is 2.09. The van der Waals surface area contributed by atoms with Crippen LogP contribution in [-0.2, 0) is 22.2 Å². The van der Waals surface area contributed by atoms with Crippen LogP contribution in [0, 0.1) is 0 Å². The average Bonchev–Trinajstić information content (AvgIpc) is 2.67. The van der Waals surface area contributed by atoms with Crippen molar-refractivity contribution < 1.29 is 17.9 Å². The van der Waals surface area contributed by atoms with Crippen LogP contribution < -0.4 is 10.1 Å². The molecule has 0 atom stereocenters. The summed E-state index contributed by atoms with van der Waals surface area (Å²) in [6.45, 7) is 0.479. The topological polar surface area (TPSA) is 72.5 Å². The molecule has 3 aromatic rings. The maximum Gasteiger partial charge on any atom is 0.255 e. The van der Waals surface area contributed by atoms with Gasteiger partial charge in [0.25, 0.3) is 5.91 Å². The molecule has 28 heavy (non-hydrogen) atoms. The Hall–Kier alpha value is -3.12. The summed E-state index contributed by atoms with van der Waals surface area (Å²) < 4.78 is 28.4. The molecule has 6 heteroatoms. The summed E-state index contributed by atoms with van der Waals surface area (Å²) in [5.74, 6) is 0.412. The van der Waals surface area contributed by atoms with Crippen molar-refractivity contribution in [1.82, 2.24) is 0 Å². The van der Waals surface area contributed by atoms with Crippen molar-refractivity contribution in [2.24, 2.45) is 0 Å². The third-order valence-electron chi connectivity index (χ3n) is 4.01. The maximum atomic E-state index is 12.3. The Labute approximate surface area is 164 Å². The molecular formula is C22H21NO4S. The lowest BCUT2D eigenvalue weighted by Gasteiger charge is -2.09. The van der Waals surface area contributed by atoms with Crippen LogP contribution >= 0.6 is 0 Å². The molecule has 3 rings (SSSR count). The summed E-state index contributed by atoms with van der Waals surface area (Å²) in [5.41, 5.74) is 2.84. The standard InChI is InChI=1S/C22H21NO4S/c1-28(25,26)16-18-7-9-19(10-8-18)22(24)23-20-11-13-21(14-12-20)27-15-17-5-3-2-4-6-17/h2-14H,15-16H2,1H3,(H,23,24). The number of carbonyl (C=O) groups excluding carboxylic acids is 1. The smallest absolute Gasteiger partial charge is 0.255 e. The zero-order valence-corrected chi connectivity index (χ0v) is 16.3. The summed E-state index contributed by atoms with van der Waals surface area (Å²) in [4.78, 5) is 12.3. The fraction of sp³-hybridized carbons (Fsp3) is 0.136. The quantitative estimate of drug-likeness (QED) is 0.655. The van der Waals surface area contributed by atoms with Gasteiger partial charge in [0.2, 0.25) is 0 Å². The Balaban J connectivity index is 1.56. The van der Waals surface area contributed by atoms with Crippen molar-refractivity contribution in [3.8, 4) is 5.75 Å². The number of hydrogen-bond donors (Lipinski definition) is 1. The molecule has 0 unspecified atom stereocenters. The minimum atomic E-state index is -3.10. The Morgan fingerprint density at radius 3 is 2.11 bits per heavy atom. The predicted octanol–water partition coefficient (Wildman–Crippen LogP) is 4.06. The normalized spacial score (nSPS) is 11.0. The number of anilines is 1. The van der Waals surface area contributed by atoms with Gasteiger partial charge in [-0.1, -0.05) is 42.5 Å². The van der Waals surface area contributed by atoms with E-state index in [2.05, 4.69) is 5.32 Å². The second-order valence-electron chi connectivity index (χ2n) is 6.52. The Morgan fingerprint density at radius 1 is 0.857 bits per heavy atom. The van der Waals surface area contributed by atoms with Crippen LogP contribution in [-0.4, -0.2) is 20.6 Å². The molecule has 0 fully saturated rings. The molecule has 0 aromatic heterocycles. The number of rotatable bonds is 7. The molecule has 0 radical (unpaired) electrons. The molecule has 0 aliphatic rings. The van der Waals surface area contributed by atoms with Gasteiger partial charge in [-0.2, -0.15) is 0 Å². The minimum Gasteiger partial charge on any atom is -0.489 e. The first-order valence-corrected chi connectivity index (χ1v) is 10.8. The fourth-order valence-corrected chi connectivity index (χ4v) is 3.43. The van der Waals surface area contributed by atoms with E-state index in [1.54, 1.807) is 48.5 Å². The van der Waals surface area contributed by atoms with Crippen LogP contribution in [0.25, 0.3) is 0 Å². The third-order valence-corrected chi connectivity index (χ3v) is 4.86. The van der Waals surface area contributed by atoms with Crippen LogP contribution in [0.5, 0.6) is 5.75 Å². The number of carbonyl (C=O) groups is 1. The molecule has 1 amide bonds. The summed E-state index contributed by atoms with van der Waals surface area (Å²) in [6, 6.07) is 23.6. The predicted molar refractivity (Wildman–Crippen MR) is 110 cm³/mol.